The quantitative estimate of drug-likeness (QED) is 0.604. The van der Waals surface area contributed by atoms with Crippen LogP contribution >= 0.6 is 11.3 Å². The van der Waals surface area contributed by atoms with E-state index in [0.29, 0.717) is 0 Å². The van der Waals surface area contributed by atoms with Gasteiger partial charge in [0.05, 0.1) is 6.10 Å². The third-order valence-corrected chi connectivity index (χ3v) is 4.12. The highest BCUT2D eigenvalue weighted by molar-refractivity contribution is 7.91. The van der Waals surface area contributed by atoms with Crippen LogP contribution in [0.15, 0.2) is 4.34 Å². The van der Waals surface area contributed by atoms with E-state index in [2.05, 4.69) is 20.2 Å². The summed E-state index contributed by atoms with van der Waals surface area (Å²) >= 11 is 0.734. The van der Waals surface area contributed by atoms with E-state index in [9.17, 15) is 13.2 Å². The van der Waals surface area contributed by atoms with E-state index in [0.717, 1.165) is 11.3 Å². The van der Waals surface area contributed by atoms with Gasteiger partial charge in [0.15, 0.2) is 0 Å². The van der Waals surface area contributed by atoms with E-state index in [1.54, 1.807) is 0 Å². The number of aliphatic hydroxyl groups is 1. The second-order valence-electron chi connectivity index (χ2n) is 3.26. The number of nitrogens with zero attached hydrogens (tertiary/aromatic N) is 2. The topological polar surface area (TPSA) is 121 Å². The summed E-state index contributed by atoms with van der Waals surface area (Å²) in [5, 5.41) is 18.3. The molecule has 0 spiro atoms. The molecule has 0 saturated carbocycles. The van der Waals surface area contributed by atoms with Crippen molar-refractivity contribution in [1.29, 1.82) is 0 Å². The molecule has 0 aromatic carbocycles. The molecule has 8 nitrogen and oxygen atoms in total. The fourth-order valence-electron chi connectivity index (χ4n) is 0.812. The summed E-state index contributed by atoms with van der Waals surface area (Å²) in [5.74, 6) is -0.359. The first-order chi connectivity index (χ1) is 7.81. The van der Waals surface area contributed by atoms with Crippen LogP contribution < -0.4 is 10.0 Å². The van der Waals surface area contributed by atoms with Crippen molar-refractivity contribution in [2.75, 3.05) is 11.9 Å². The number of carbonyl (C=O) groups excluding carboxylic acids is 1. The Morgan fingerprint density at radius 2 is 2.18 bits per heavy atom. The molecule has 1 rings (SSSR count). The normalized spacial score (nSPS) is 13.4. The van der Waals surface area contributed by atoms with E-state index < -0.39 is 16.1 Å². The fourth-order valence-corrected chi connectivity index (χ4v) is 2.92. The van der Waals surface area contributed by atoms with Gasteiger partial charge >= 0.3 is 0 Å². The molecule has 0 radical (unpaired) electrons. The zero-order chi connectivity index (χ0) is 13.1. The van der Waals surface area contributed by atoms with Crippen molar-refractivity contribution in [3.05, 3.63) is 0 Å². The average Bonchev–Trinajstić information content (AvgIpc) is 2.63. The van der Waals surface area contributed by atoms with Crippen molar-refractivity contribution in [3.63, 3.8) is 0 Å². The lowest BCUT2D eigenvalue weighted by molar-refractivity contribution is -0.114. The molecule has 1 aromatic heterocycles. The number of nitrogens with one attached hydrogen (secondary N) is 2. The van der Waals surface area contributed by atoms with Crippen LogP contribution in [0.5, 0.6) is 0 Å². The molecule has 17 heavy (non-hydrogen) atoms. The average molecular weight is 280 g/mol. The zero-order valence-corrected chi connectivity index (χ0v) is 10.8. The maximum absolute atomic E-state index is 11.6. The molecule has 0 aliphatic carbocycles. The summed E-state index contributed by atoms with van der Waals surface area (Å²) < 4.78 is 25.1. The summed E-state index contributed by atoms with van der Waals surface area (Å²) in [5.41, 5.74) is 0. The van der Waals surface area contributed by atoms with Gasteiger partial charge in [-0.2, -0.15) is 0 Å². The minimum absolute atomic E-state index is 0.106. The number of amides is 1. The number of rotatable bonds is 5. The molecule has 0 unspecified atom stereocenters. The van der Waals surface area contributed by atoms with E-state index in [1.807, 2.05) is 0 Å². The predicted molar refractivity (Wildman–Crippen MR) is 61.1 cm³/mol. The molecular formula is C7H12N4O4S2. The molecule has 1 heterocycles. The SMILES string of the molecule is CC(=O)Nc1nnc(S(=O)(=O)NC[C@@H](C)O)s1. The smallest absolute Gasteiger partial charge is 0.269 e. The van der Waals surface area contributed by atoms with E-state index in [-0.39, 0.29) is 21.9 Å². The summed E-state index contributed by atoms with van der Waals surface area (Å²) in [6, 6.07) is 0. The lowest BCUT2D eigenvalue weighted by atomic mass is 10.4. The molecule has 1 aromatic rings. The largest absolute Gasteiger partial charge is 0.392 e. The van der Waals surface area contributed by atoms with Gasteiger partial charge in [-0.15, -0.1) is 10.2 Å². The van der Waals surface area contributed by atoms with Gasteiger partial charge in [0.1, 0.15) is 0 Å². The van der Waals surface area contributed by atoms with Crippen LogP contribution in [-0.2, 0) is 14.8 Å². The third-order valence-electron chi connectivity index (χ3n) is 1.49. The summed E-state index contributed by atoms with van der Waals surface area (Å²) in [6.45, 7) is 2.62. The Balaban J connectivity index is 2.78. The summed E-state index contributed by atoms with van der Waals surface area (Å²) in [7, 11) is -3.79. The van der Waals surface area contributed by atoms with Gasteiger partial charge in [0.25, 0.3) is 10.0 Å². The second-order valence-corrected chi connectivity index (χ2v) is 6.17. The number of aromatic nitrogens is 2. The Morgan fingerprint density at radius 3 is 2.71 bits per heavy atom. The van der Waals surface area contributed by atoms with Gasteiger partial charge in [-0.1, -0.05) is 11.3 Å². The van der Waals surface area contributed by atoms with Gasteiger partial charge in [-0.3, -0.25) is 4.79 Å². The Morgan fingerprint density at radius 1 is 1.53 bits per heavy atom. The van der Waals surface area contributed by atoms with Gasteiger partial charge in [0, 0.05) is 13.5 Å². The molecule has 0 aliphatic rings. The molecule has 0 aliphatic heterocycles. The number of hydrogen-bond acceptors (Lipinski definition) is 7. The van der Waals surface area contributed by atoms with Crippen molar-refractivity contribution in [3.8, 4) is 0 Å². The van der Waals surface area contributed by atoms with Crippen molar-refractivity contribution >= 4 is 32.4 Å². The first kappa shape index (κ1) is 14.0. The van der Waals surface area contributed by atoms with Crippen molar-refractivity contribution in [2.24, 2.45) is 0 Å². The van der Waals surface area contributed by atoms with Crippen molar-refractivity contribution in [1.82, 2.24) is 14.9 Å². The van der Waals surface area contributed by atoms with E-state index in [4.69, 9.17) is 5.11 Å². The molecule has 1 atom stereocenters. The maximum Gasteiger partial charge on any atom is 0.269 e. The Hall–Kier alpha value is -1.10. The first-order valence-electron chi connectivity index (χ1n) is 4.60. The van der Waals surface area contributed by atoms with Crippen LogP contribution in [0.1, 0.15) is 13.8 Å². The monoisotopic (exact) mass is 280 g/mol. The van der Waals surface area contributed by atoms with E-state index in [1.165, 1.54) is 13.8 Å². The minimum atomic E-state index is -3.79. The van der Waals surface area contributed by atoms with Crippen LogP contribution in [0, 0.1) is 0 Å². The molecule has 1 amide bonds. The van der Waals surface area contributed by atoms with Crippen LogP contribution in [-0.4, -0.2) is 42.3 Å². The van der Waals surface area contributed by atoms with Crippen LogP contribution in [0.4, 0.5) is 5.13 Å². The molecule has 0 fully saturated rings. The van der Waals surface area contributed by atoms with Crippen LogP contribution in [0.3, 0.4) is 0 Å². The third kappa shape index (κ3) is 4.34. The molecule has 3 N–H and O–H groups in total. The molecule has 10 heteroatoms. The van der Waals surface area contributed by atoms with Crippen molar-refractivity contribution < 1.29 is 18.3 Å². The highest BCUT2D eigenvalue weighted by atomic mass is 32.2. The number of carbonyl (C=O) groups is 1. The summed E-state index contributed by atoms with van der Waals surface area (Å²) in [4.78, 5) is 10.7. The highest BCUT2D eigenvalue weighted by Gasteiger charge is 2.20. The molecule has 0 saturated heterocycles. The first-order valence-corrected chi connectivity index (χ1v) is 6.90. The lowest BCUT2D eigenvalue weighted by Gasteiger charge is -2.04. The maximum atomic E-state index is 11.6. The number of anilines is 1. The Bertz CT molecular complexity index is 496. The Labute approximate surface area is 102 Å². The number of hydrogen-bond donors (Lipinski definition) is 3. The zero-order valence-electron chi connectivity index (χ0n) is 9.17. The highest BCUT2D eigenvalue weighted by Crippen LogP contribution is 2.19. The predicted octanol–water partition coefficient (Wildman–Crippen LogP) is -0.844. The van der Waals surface area contributed by atoms with Gasteiger partial charge in [0.2, 0.25) is 15.4 Å². The molecule has 96 valence electrons. The summed E-state index contributed by atoms with van der Waals surface area (Å²) in [6.07, 6.45) is -0.799. The van der Waals surface area contributed by atoms with Crippen LogP contribution in [0.2, 0.25) is 0 Å². The molecular weight excluding hydrogens is 268 g/mol. The van der Waals surface area contributed by atoms with Gasteiger partial charge < -0.3 is 10.4 Å². The number of sulfonamides is 1. The lowest BCUT2D eigenvalue weighted by Crippen LogP contribution is -2.30. The number of aliphatic hydroxyl groups excluding tert-OH is 1. The van der Waals surface area contributed by atoms with Gasteiger partial charge in [-0.05, 0) is 6.92 Å². The minimum Gasteiger partial charge on any atom is -0.392 e. The van der Waals surface area contributed by atoms with Gasteiger partial charge in [-0.25, -0.2) is 13.1 Å². The molecule has 0 bridgehead atoms. The fraction of sp³-hybridized carbons (Fsp3) is 0.571. The Kier molecular flexibility index (Phi) is 4.51. The van der Waals surface area contributed by atoms with Crippen molar-refractivity contribution in [2.45, 2.75) is 24.3 Å². The van der Waals surface area contributed by atoms with E-state index >= 15 is 0 Å². The second kappa shape index (κ2) is 5.49. The standard InChI is InChI=1S/C7H12N4O4S2/c1-4(12)3-8-17(14,15)7-11-10-6(16-7)9-5(2)13/h4,8,12H,3H2,1-2H3,(H,9,10,13)/t4-/m1/s1. The van der Waals surface area contributed by atoms with Crippen LogP contribution in [0.25, 0.3) is 0 Å².